The monoisotopic (exact) mass is 331 g/mol. The Morgan fingerprint density at radius 2 is 1.83 bits per heavy atom. The van der Waals surface area contributed by atoms with E-state index in [-0.39, 0.29) is 17.7 Å². The molecule has 1 amide bonds. The number of hydrogen-bond donors (Lipinski definition) is 1. The van der Waals surface area contributed by atoms with Crippen LogP contribution < -0.4 is 0 Å². The SMILES string of the molecule is CCc1ccc(C(C)CC(=O)N2CCC(C(=O)O)(C(C)C)C2)cc1. The summed E-state index contributed by atoms with van der Waals surface area (Å²) in [6, 6.07) is 8.41. The number of carboxylic acids is 1. The van der Waals surface area contributed by atoms with Crippen molar-refractivity contribution >= 4 is 11.9 Å². The normalized spacial score (nSPS) is 22.0. The summed E-state index contributed by atoms with van der Waals surface area (Å²) in [5, 5.41) is 9.61. The molecule has 1 aliphatic heterocycles. The second kappa shape index (κ2) is 7.37. The van der Waals surface area contributed by atoms with Crippen LogP contribution >= 0.6 is 0 Å². The molecule has 24 heavy (non-hydrogen) atoms. The van der Waals surface area contributed by atoms with Gasteiger partial charge in [0.1, 0.15) is 0 Å². The van der Waals surface area contributed by atoms with Crippen LogP contribution in [-0.4, -0.2) is 35.0 Å². The largest absolute Gasteiger partial charge is 0.481 e. The molecule has 1 N–H and O–H groups in total. The molecule has 0 bridgehead atoms. The number of nitrogens with zero attached hydrogens (tertiary/aromatic N) is 1. The van der Waals surface area contributed by atoms with Crippen LogP contribution in [0.3, 0.4) is 0 Å². The lowest BCUT2D eigenvalue weighted by Crippen LogP contribution is -2.40. The zero-order valence-electron chi connectivity index (χ0n) is 15.2. The van der Waals surface area contributed by atoms with E-state index < -0.39 is 11.4 Å². The molecule has 0 aromatic heterocycles. The lowest BCUT2D eigenvalue weighted by molar-refractivity contribution is -0.151. The van der Waals surface area contributed by atoms with Crippen LogP contribution in [0.1, 0.15) is 57.6 Å². The van der Waals surface area contributed by atoms with Gasteiger partial charge in [0.2, 0.25) is 5.91 Å². The summed E-state index contributed by atoms with van der Waals surface area (Å²) in [5.74, 6) is -0.559. The highest BCUT2D eigenvalue weighted by Crippen LogP contribution is 2.38. The van der Waals surface area contributed by atoms with Gasteiger partial charge in [-0.3, -0.25) is 9.59 Å². The zero-order valence-corrected chi connectivity index (χ0v) is 15.2. The van der Waals surface area contributed by atoms with E-state index in [4.69, 9.17) is 0 Å². The molecular formula is C20H29NO3. The molecule has 132 valence electrons. The Kier molecular flexibility index (Phi) is 5.68. The fourth-order valence-electron chi connectivity index (χ4n) is 3.53. The van der Waals surface area contributed by atoms with Gasteiger partial charge in [-0.2, -0.15) is 0 Å². The molecule has 0 spiro atoms. The van der Waals surface area contributed by atoms with Crippen molar-refractivity contribution in [1.82, 2.24) is 4.90 Å². The number of rotatable bonds is 6. The van der Waals surface area contributed by atoms with Gasteiger partial charge in [-0.25, -0.2) is 0 Å². The van der Waals surface area contributed by atoms with E-state index in [9.17, 15) is 14.7 Å². The number of benzene rings is 1. The highest BCUT2D eigenvalue weighted by molar-refractivity contribution is 5.81. The summed E-state index contributed by atoms with van der Waals surface area (Å²) < 4.78 is 0. The minimum atomic E-state index is -0.790. The van der Waals surface area contributed by atoms with Crippen molar-refractivity contribution in [3.05, 3.63) is 35.4 Å². The molecule has 0 radical (unpaired) electrons. The molecule has 2 atom stereocenters. The number of amides is 1. The van der Waals surface area contributed by atoms with Crippen LogP contribution in [0, 0.1) is 11.3 Å². The molecule has 1 aromatic rings. The fraction of sp³-hybridized carbons (Fsp3) is 0.600. The smallest absolute Gasteiger partial charge is 0.311 e. The average Bonchev–Trinajstić information content (AvgIpc) is 3.02. The van der Waals surface area contributed by atoms with Gasteiger partial charge in [-0.05, 0) is 35.8 Å². The van der Waals surface area contributed by atoms with Crippen molar-refractivity contribution in [2.75, 3.05) is 13.1 Å². The lowest BCUT2D eigenvalue weighted by Gasteiger charge is -2.29. The van der Waals surface area contributed by atoms with Crippen LogP contribution in [0.25, 0.3) is 0 Å². The minimum absolute atomic E-state index is 0.0202. The number of hydrogen-bond acceptors (Lipinski definition) is 2. The van der Waals surface area contributed by atoms with E-state index in [0.717, 1.165) is 12.0 Å². The Morgan fingerprint density at radius 1 is 1.21 bits per heavy atom. The van der Waals surface area contributed by atoms with Crippen LogP contribution in [0.4, 0.5) is 0 Å². The summed E-state index contributed by atoms with van der Waals surface area (Å²) in [7, 11) is 0. The number of carboxylic acid groups (broad SMARTS) is 1. The van der Waals surface area contributed by atoms with Crippen LogP contribution in [0.5, 0.6) is 0 Å². The molecule has 0 saturated carbocycles. The molecule has 4 heteroatoms. The van der Waals surface area contributed by atoms with E-state index in [1.807, 2.05) is 13.8 Å². The van der Waals surface area contributed by atoms with Gasteiger partial charge in [0, 0.05) is 19.5 Å². The van der Waals surface area contributed by atoms with Crippen molar-refractivity contribution in [2.24, 2.45) is 11.3 Å². The summed E-state index contributed by atoms with van der Waals surface area (Å²) in [5.41, 5.74) is 1.66. The Bertz CT molecular complexity index is 593. The number of carbonyl (C=O) groups is 2. The Balaban J connectivity index is 2.01. The molecule has 1 heterocycles. The highest BCUT2D eigenvalue weighted by Gasteiger charge is 2.48. The second-order valence-electron chi connectivity index (χ2n) is 7.38. The van der Waals surface area contributed by atoms with Gasteiger partial charge in [0.15, 0.2) is 0 Å². The molecule has 4 nitrogen and oxygen atoms in total. The standard InChI is InChI=1S/C20H29NO3/c1-5-16-6-8-17(9-7-16)15(4)12-18(22)21-11-10-20(13-21,14(2)3)19(23)24/h6-9,14-15H,5,10-13H2,1-4H3,(H,23,24). The zero-order chi connectivity index (χ0) is 17.9. The number of aliphatic carboxylic acids is 1. The maximum Gasteiger partial charge on any atom is 0.311 e. The number of likely N-dealkylation sites (tertiary alicyclic amines) is 1. The number of carbonyl (C=O) groups excluding carboxylic acids is 1. The predicted octanol–water partition coefficient (Wildman–Crippen LogP) is 3.70. The third kappa shape index (κ3) is 3.63. The maximum atomic E-state index is 12.6. The Labute approximate surface area is 144 Å². The van der Waals surface area contributed by atoms with Crippen molar-refractivity contribution < 1.29 is 14.7 Å². The summed E-state index contributed by atoms with van der Waals surface area (Å²) in [6.07, 6.45) is 1.98. The molecule has 1 aliphatic rings. The third-order valence-electron chi connectivity index (χ3n) is 5.62. The van der Waals surface area contributed by atoms with E-state index in [2.05, 4.69) is 38.1 Å². The predicted molar refractivity (Wildman–Crippen MR) is 95.0 cm³/mol. The Hall–Kier alpha value is -1.84. The van der Waals surface area contributed by atoms with Gasteiger partial charge in [-0.15, -0.1) is 0 Å². The summed E-state index contributed by atoms with van der Waals surface area (Å²) in [4.78, 5) is 26.1. The van der Waals surface area contributed by atoms with Crippen molar-refractivity contribution in [2.45, 2.75) is 52.9 Å². The number of aryl methyl sites for hydroxylation is 1. The Morgan fingerprint density at radius 3 is 2.29 bits per heavy atom. The van der Waals surface area contributed by atoms with Crippen molar-refractivity contribution in [3.63, 3.8) is 0 Å². The first-order valence-electron chi connectivity index (χ1n) is 8.90. The molecule has 1 fully saturated rings. The van der Waals surface area contributed by atoms with E-state index in [1.165, 1.54) is 5.56 Å². The third-order valence-corrected chi connectivity index (χ3v) is 5.62. The lowest BCUT2D eigenvalue weighted by atomic mass is 9.76. The first-order chi connectivity index (χ1) is 11.3. The average molecular weight is 331 g/mol. The fourth-order valence-corrected chi connectivity index (χ4v) is 3.53. The molecule has 2 unspecified atom stereocenters. The topological polar surface area (TPSA) is 57.6 Å². The van der Waals surface area contributed by atoms with Gasteiger partial charge in [0.05, 0.1) is 5.41 Å². The maximum absolute atomic E-state index is 12.6. The minimum Gasteiger partial charge on any atom is -0.481 e. The quantitative estimate of drug-likeness (QED) is 0.864. The first kappa shape index (κ1) is 18.5. The van der Waals surface area contributed by atoms with Crippen LogP contribution in [0.2, 0.25) is 0 Å². The van der Waals surface area contributed by atoms with Crippen LogP contribution in [-0.2, 0) is 16.0 Å². The van der Waals surface area contributed by atoms with E-state index >= 15 is 0 Å². The molecule has 2 rings (SSSR count). The highest BCUT2D eigenvalue weighted by atomic mass is 16.4. The molecule has 1 saturated heterocycles. The van der Waals surface area contributed by atoms with E-state index in [0.29, 0.717) is 25.9 Å². The summed E-state index contributed by atoms with van der Waals surface area (Å²) in [6.45, 7) is 8.92. The van der Waals surface area contributed by atoms with Crippen molar-refractivity contribution in [3.8, 4) is 0 Å². The van der Waals surface area contributed by atoms with Crippen molar-refractivity contribution in [1.29, 1.82) is 0 Å². The second-order valence-corrected chi connectivity index (χ2v) is 7.38. The molecule has 0 aliphatic carbocycles. The van der Waals surface area contributed by atoms with Gasteiger partial charge >= 0.3 is 5.97 Å². The molecular weight excluding hydrogens is 302 g/mol. The summed E-state index contributed by atoms with van der Waals surface area (Å²) >= 11 is 0. The van der Waals surface area contributed by atoms with Gasteiger partial charge in [0.25, 0.3) is 0 Å². The van der Waals surface area contributed by atoms with Gasteiger partial charge < -0.3 is 10.0 Å². The first-order valence-corrected chi connectivity index (χ1v) is 8.90. The molecule has 1 aromatic carbocycles. The van der Waals surface area contributed by atoms with E-state index in [1.54, 1.807) is 4.90 Å². The van der Waals surface area contributed by atoms with Crippen LogP contribution in [0.15, 0.2) is 24.3 Å². The van der Waals surface area contributed by atoms with Gasteiger partial charge in [-0.1, -0.05) is 52.0 Å².